The third kappa shape index (κ3) is 4.17. The average molecular weight is 473 g/mol. The number of anilines is 2. The van der Waals surface area contributed by atoms with Crippen molar-refractivity contribution in [3.63, 3.8) is 0 Å². The summed E-state index contributed by atoms with van der Waals surface area (Å²) in [5.74, 6) is -0.956. The molecule has 4 rings (SSSR count). The Kier molecular flexibility index (Phi) is 5.62. The summed E-state index contributed by atoms with van der Waals surface area (Å²) >= 11 is 6.01. The van der Waals surface area contributed by atoms with Gasteiger partial charge in [0.1, 0.15) is 5.82 Å². The average Bonchev–Trinajstić information content (AvgIpc) is 3.04. The first-order valence-corrected chi connectivity index (χ1v) is 11.3. The number of carbonyl (C=O) groups is 1. The van der Waals surface area contributed by atoms with E-state index in [4.69, 9.17) is 11.6 Å². The Morgan fingerprint density at radius 1 is 1.09 bits per heavy atom. The number of amides is 1. The molecule has 7 nitrogen and oxygen atoms in total. The van der Waals surface area contributed by atoms with Crippen LogP contribution in [0.25, 0.3) is 11.0 Å². The molecule has 32 heavy (non-hydrogen) atoms. The van der Waals surface area contributed by atoms with Gasteiger partial charge in [-0.2, -0.15) is 0 Å². The number of halogens is 2. The highest BCUT2D eigenvalue weighted by atomic mass is 35.5. The molecule has 0 aliphatic carbocycles. The lowest BCUT2D eigenvalue weighted by molar-refractivity contribution is 0.102. The van der Waals surface area contributed by atoms with Gasteiger partial charge < -0.3 is 4.57 Å². The first kappa shape index (κ1) is 21.8. The normalized spacial score (nSPS) is 11.5. The standard InChI is InChI=1S/C22H18ClFN4O3S/c1-13-7-9-15(32(30,31)27-18-6-4-3-5-17(18)24)12-16(13)21(29)26-22-25-19-11-14(23)8-10-20(19)28(22)2/h3-12,27H,1-2H3,(H,25,26,29). The lowest BCUT2D eigenvalue weighted by atomic mass is 10.1. The molecule has 0 saturated carbocycles. The molecule has 0 atom stereocenters. The van der Waals surface area contributed by atoms with Crippen LogP contribution in [0.2, 0.25) is 5.02 Å². The van der Waals surface area contributed by atoms with Crippen LogP contribution in [-0.2, 0) is 17.1 Å². The first-order valence-electron chi connectivity index (χ1n) is 9.47. The van der Waals surface area contributed by atoms with E-state index in [1.807, 2.05) is 0 Å². The second kappa shape index (κ2) is 8.25. The molecule has 0 fully saturated rings. The van der Waals surface area contributed by atoms with Crippen molar-refractivity contribution >= 4 is 50.2 Å². The summed E-state index contributed by atoms with van der Waals surface area (Å²) in [5, 5.41) is 3.23. The number of hydrogen-bond donors (Lipinski definition) is 2. The van der Waals surface area contributed by atoms with E-state index >= 15 is 0 Å². The zero-order valence-electron chi connectivity index (χ0n) is 17.1. The Morgan fingerprint density at radius 2 is 1.84 bits per heavy atom. The monoisotopic (exact) mass is 472 g/mol. The molecule has 4 aromatic rings. The van der Waals surface area contributed by atoms with E-state index in [-0.39, 0.29) is 22.1 Å². The predicted molar refractivity (Wildman–Crippen MR) is 122 cm³/mol. The zero-order chi connectivity index (χ0) is 23.0. The smallest absolute Gasteiger partial charge is 0.262 e. The fourth-order valence-electron chi connectivity index (χ4n) is 3.21. The maximum atomic E-state index is 13.9. The van der Waals surface area contributed by atoms with Crippen LogP contribution in [0.15, 0.2) is 65.6 Å². The van der Waals surface area contributed by atoms with Crippen molar-refractivity contribution in [3.8, 4) is 0 Å². The van der Waals surface area contributed by atoms with E-state index in [9.17, 15) is 17.6 Å². The van der Waals surface area contributed by atoms with Crippen molar-refractivity contribution < 1.29 is 17.6 Å². The van der Waals surface area contributed by atoms with Crippen molar-refractivity contribution in [3.05, 3.63) is 82.6 Å². The molecule has 1 aromatic heterocycles. The molecule has 0 aliphatic rings. The summed E-state index contributed by atoms with van der Waals surface area (Å²) < 4.78 is 43.3. The summed E-state index contributed by atoms with van der Waals surface area (Å²) in [6, 6.07) is 14.7. The number of carbonyl (C=O) groups excluding carboxylic acids is 1. The molecule has 2 N–H and O–H groups in total. The number of nitrogens with zero attached hydrogens (tertiary/aromatic N) is 2. The number of nitrogens with one attached hydrogen (secondary N) is 2. The molecule has 0 saturated heterocycles. The number of fused-ring (bicyclic) bond motifs is 1. The molecule has 0 spiro atoms. The molecule has 164 valence electrons. The van der Waals surface area contributed by atoms with Gasteiger partial charge in [0.15, 0.2) is 0 Å². The molecule has 0 bridgehead atoms. The highest BCUT2D eigenvalue weighted by Gasteiger charge is 2.20. The van der Waals surface area contributed by atoms with E-state index in [2.05, 4.69) is 15.0 Å². The summed E-state index contributed by atoms with van der Waals surface area (Å²) in [4.78, 5) is 17.2. The highest BCUT2D eigenvalue weighted by molar-refractivity contribution is 7.92. The van der Waals surface area contributed by atoms with Crippen LogP contribution in [0.3, 0.4) is 0 Å². The van der Waals surface area contributed by atoms with Gasteiger partial charge in [-0.15, -0.1) is 0 Å². The Balaban J connectivity index is 1.65. The third-order valence-electron chi connectivity index (χ3n) is 4.95. The largest absolute Gasteiger partial charge is 0.313 e. The van der Waals surface area contributed by atoms with Crippen LogP contribution in [-0.4, -0.2) is 23.9 Å². The van der Waals surface area contributed by atoms with Crippen LogP contribution >= 0.6 is 11.6 Å². The lowest BCUT2D eigenvalue weighted by Crippen LogP contribution is -2.18. The minimum atomic E-state index is -4.12. The Morgan fingerprint density at radius 3 is 2.59 bits per heavy atom. The van der Waals surface area contributed by atoms with Gasteiger partial charge in [0.2, 0.25) is 5.95 Å². The highest BCUT2D eigenvalue weighted by Crippen LogP contribution is 2.24. The Labute approximate surface area is 188 Å². The molecular weight excluding hydrogens is 455 g/mol. The Hall–Kier alpha value is -3.43. The van der Waals surface area contributed by atoms with Gasteiger partial charge in [0.05, 0.1) is 21.6 Å². The molecule has 1 heterocycles. The molecule has 0 unspecified atom stereocenters. The summed E-state index contributed by atoms with van der Waals surface area (Å²) in [6.07, 6.45) is 0. The van der Waals surface area contributed by atoms with Gasteiger partial charge in [-0.05, 0) is 55.0 Å². The van der Waals surface area contributed by atoms with E-state index in [0.29, 0.717) is 16.1 Å². The number of imidazole rings is 1. The van der Waals surface area contributed by atoms with E-state index in [1.165, 1.54) is 36.4 Å². The van der Waals surface area contributed by atoms with Gasteiger partial charge in [0.25, 0.3) is 15.9 Å². The molecular formula is C22H18ClFN4O3S. The first-order chi connectivity index (χ1) is 15.2. The second-order valence-electron chi connectivity index (χ2n) is 7.14. The molecule has 3 aromatic carbocycles. The van der Waals surface area contributed by atoms with Gasteiger partial charge in [-0.25, -0.2) is 17.8 Å². The minimum absolute atomic E-state index is 0.145. The van der Waals surface area contributed by atoms with Gasteiger partial charge >= 0.3 is 0 Å². The van der Waals surface area contributed by atoms with E-state index in [1.54, 1.807) is 36.7 Å². The van der Waals surface area contributed by atoms with Crippen LogP contribution < -0.4 is 10.0 Å². The lowest BCUT2D eigenvalue weighted by Gasteiger charge is -2.12. The summed E-state index contributed by atoms with van der Waals surface area (Å²) in [6.45, 7) is 1.68. The number of benzene rings is 3. The maximum Gasteiger partial charge on any atom is 0.262 e. The third-order valence-corrected chi connectivity index (χ3v) is 6.55. The topological polar surface area (TPSA) is 93.1 Å². The van der Waals surface area contributed by atoms with E-state index in [0.717, 1.165) is 11.6 Å². The van der Waals surface area contributed by atoms with Crippen LogP contribution in [0.1, 0.15) is 15.9 Å². The van der Waals surface area contributed by atoms with Gasteiger partial charge in [-0.1, -0.05) is 29.8 Å². The maximum absolute atomic E-state index is 13.9. The van der Waals surface area contributed by atoms with Crippen molar-refractivity contribution in [2.75, 3.05) is 10.0 Å². The van der Waals surface area contributed by atoms with Crippen molar-refractivity contribution in [2.24, 2.45) is 7.05 Å². The number of rotatable bonds is 5. The van der Waals surface area contributed by atoms with Crippen LogP contribution in [0.5, 0.6) is 0 Å². The fraction of sp³-hybridized carbons (Fsp3) is 0.0909. The number of aryl methyl sites for hydroxylation is 2. The molecule has 1 amide bonds. The van der Waals surface area contributed by atoms with Crippen molar-refractivity contribution in [1.82, 2.24) is 9.55 Å². The number of aromatic nitrogens is 2. The summed E-state index contributed by atoms with van der Waals surface area (Å²) in [5.41, 5.74) is 1.90. The molecule has 0 radical (unpaired) electrons. The minimum Gasteiger partial charge on any atom is -0.313 e. The van der Waals surface area contributed by atoms with E-state index < -0.39 is 21.7 Å². The number of sulfonamides is 1. The van der Waals surface area contributed by atoms with Crippen molar-refractivity contribution in [1.29, 1.82) is 0 Å². The van der Waals surface area contributed by atoms with Gasteiger partial charge in [-0.3, -0.25) is 14.8 Å². The van der Waals surface area contributed by atoms with Gasteiger partial charge in [0, 0.05) is 17.6 Å². The zero-order valence-corrected chi connectivity index (χ0v) is 18.6. The SMILES string of the molecule is Cc1ccc(S(=O)(=O)Nc2ccccc2F)cc1C(=O)Nc1nc2cc(Cl)ccc2n1C. The Bertz CT molecular complexity index is 1470. The summed E-state index contributed by atoms with van der Waals surface area (Å²) in [7, 11) is -2.38. The number of hydrogen-bond acceptors (Lipinski definition) is 4. The predicted octanol–water partition coefficient (Wildman–Crippen LogP) is 4.73. The van der Waals surface area contributed by atoms with Crippen LogP contribution in [0, 0.1) is 12.7 Å². The molecule has 10 heteroatoms. The number of para-hydroxylation sites is 1. The fourth-order valence-corrected chi connectivity index (χ4v) is 4.47. The second-order valence-corrected chi connectivity index (χ2v) is 9.26. The quantitative estimate of drug-likeness (QED) is 0.439. The van der Waals surface area contributed by atoms with Crippen LogP contribution in [0.4, 0.5) is 16.0 Å². The van der Waals surface area contributed by atoms with Crippen molar-refractivity contribution in [2.45, 2.75) is 11.8 Å². The molecule has 0 aliphatic heterocycles.